The highest BCUT2D eigenvalue weighted by Gasteiger charge is 2.47. The van der Waals surface area contributed by atoms with E-state index < -0.39 is 11.4 Å². The molecule has 1 aromatic carbocycles. The summed E-state index contributed by atoms with van der Waals surface area (Å²) in [7, 11) is 1.47. The number of benzene rings is 1. The van der Waals surface area contributed by atoms with E-state index in [9.17, 15) is 14.7 Å². The van der Waals surface area contributed by atoms with Gasteiger partial charge in [0.25, 0.3) is 5.91 Å². The van der Waals surface area contributed by atoms with Crippen molar-refractivity contribution in [2.75, 3.05) is 40.0 Å². The van der Waals surface area contributed by atoms with Crippen molar-refractivity contribution >= 4 is 11.9 Å². The van der Waals surface area contributed by atoms with E-state index in [4.69, 9.17) is 14.2 Å². The lowest BCUT2D eigenvalue weighted by Crippen LogP contribution is -2.40. The fourth-order valence-corrected chi connectivity index (χ4v) is 3.09. The first-order valence-corrected chi connectivity index (χ1v) is 7.48. The van der Waals surface area contributed by atoms with Crippen molar-refractivity contribution in [3.63, 3.8) is 0 Å². The van der Waals surface area contributed by atoms with E-state index in [1.165, 1.54) is 7.11 Å². The molecule has 1 N–H and O–H groups in total. The van der Waals surface area contributed by atoms with Gasteiger partial charge >= 0.3 is 5.97 Å². The van der Waals surface area contributed by atoms with Gasteiger partial charge in [0.05, 0.1) is 12.2 Å². The molecule has 0 radical (unpaired) electrons. The highest BCUT2D eigenvalue weighted by Crippen LogP contribution is 2.37. The number of para-hydroxylation sites is 1. The van der Waals surface area contributed by atoms with Gasteiger partial charge in [-0.3, -0.25) is 9.59 Å². The summed E-state index contributed by atoms with van der Waals surface area (Å²) in [6.07, 6.45) is 0.369. The number of carboxylic acid groups (broad SMARTS) is 1. The third-order valence-corrected chi connectivity index (χ3v) is 4.31. The molecule has 2 aliphatic rings. The highest BCUT2D eigenvalue weighted by atomic mass is 16.6. The number of carbonyl (C=O) groups is 2. The molecule has 0 aliphatic carbocycles. The van der Waals surface area contributed by atoms with E-state index in [1.54, 1.807) is 23.1 Å². The SMILES string of the molecule is COCC1(C(=O)O)CCN(C(=O)c2cccc3c2OCCO3)C1. The lowest BCUT2D eigenvalue weighted by Gasteiger charge is -2.25. The Kier molecular flexibility index (Phi) is 4.12. The summed E-state index contributed by atoms with van der Waals surface area (Å²) < 4.78 is 16.1. The smallest absolute Gasteiger partial charge is 0.313 e. The second-order valence-electron chi connectivity index (χ2n) is 5.82. The number of likely N-dealkylation sites (tertiary alicyclic amines) is 1. The standard InChI is InChI=1S/C16H19NO6/c1-21-10-16(15(19)20)5-6-17(9-16)14(18)11-3-2-4-12-13(11)23-8-7-22-12/h2-4H,5-10H2,1H3,(H,19,20). The number of hydrogen-bond donors (Lipinski definition) is 1. The maximum absolute atomic E-state index is 12.8. The van der Waals surface area contributed by atoms with Crippen LogP contribution in [-0.2, 0) is 9.53 Å². The van der Waals surface area contributed by atoms with Gasteiger partial charge < -0.3 is 24.2 Å². The van der Waals surface area contributed by atoms with Crippen LogP contribution in [0.5, 0.6) is 11.5 Å². The number of amides is 1. The van der Waals surface area contributed by atoms with Crippen LogP contribution in [0.1, 0.15) is 16.8 Å². The molecule has 0 aromatic heterocycles. The Morgan fingerprint density at radius 1 is 1.35 bits per heavy atom. The van der Waals surface area contributed by atoms with Crippen molar-refractivity contribution in [2.45, 2.75) is 6.42 Å². The van der Waals surface area contributed by atoms with Gasteiger partial charge in [-0.05, 0) is 18.6 Å². The molecule has 23 heavy (non-hydrogen) atoms. The number of nitrogens with zero attached hydrogens (tertiary/aromatic N) is 1. The van der Waals surface area contributed by atoms with Crippen molar-refractivity contribution < 1.29 is 28.9 Å². The lowest BCUT2D eigenvalue weighted by atomic mass is 9.88. The number of carbonyl (C=O) groups excluding carboxylic acids is 1. The minimum Gasteiger partial charge on any atom is -0.486 e. The normalized spacial score (nSPS) is 22.9. The van der Waals surface area contributed by atoms with Gasteiger partial charge in [-0.1, -0.05) is 6.07 Å². The maximum atomic E-state index is 12.8. The van der Waals surface area contributed by atoms with Crippen LogP contribution in [0.15, 0.2) is 18.2 Å². The van der Waals surface area contributed by atoms with Crippen molar-refractivity contribution in [2.24, 2.45) is 5.41 Å². The lowest BCUT2D eigenvalue weighted by molar-refractivity contribution is -0.151. The van der Waals surface area contributed by atoms with Gasteiger partial charge in [-0.25, -0.2) is 0 Å². The van der Waals surface area contributed by atoms with Gasteiger partial charge in [0.1, 0.15) is 18.6 Å². The molecule has 1 atom stereocenters. The van der Waals surface area contributed by atoms with Crippen LogP contribution >= 0.6 is 0 Å². The quantitative estimate of drug-likeness (QED) is 0.891. The van der Waals surface area contributed by atoms with Crippen LogP contribution < -0.4 is 9.47 Å². The van der Waals surface area contributed by atoms with Crippen molar-refractivity contribution in [1.29, 1.82) is 0 Å². The molecule has 1 saturated heterocycles. The summed E-state index contributed by atoms with van der Waals surface area (Å²) in [6, 6.07) is 5.16. The first-order chi connectivity index (χ1) is 11.1. The molecule has 0 bridgehead atoms. The molecular formula is C16H19NO6. The molecule has 0 spiro atoms. The van der Waals surface area contributed by atoms with Gasteiger partial charge in [0, 0.05) is 20.2 Å². The van der Waals surface area contributed by atoms with Crippen LogP contribution in [0.2, 0.25) is 0 Å². The van der Waals surface area contributed by atoms with Crippen molar-refractivity contribution in [3.8, 4) is 11.5 Å². The molecular weight excluding hydrogens is 302 g/mol. The number of methoxy groups -OCH3 is 1. The largest absolute Gasteiger partial charge is 0.486 e. The number of aliphatic carboxylic acids is 1. The fourth-order valence-electron chi connectivity index (χ4n) is 3.09. The molecule has 7 nitrogen and oxygen atoms in total. The zero-order valence-electron chi connectivity index (χ0n) is 12.9. The molecule has 2 heterocycles. The average Bonchev–Trinajstić information content (AvgIpc) is 3.00. The Morgan fingerprint density at radius 2 is 2.13 bits per heavy atom. The fraction of sp³-hybridized carbons (Fsp3) is 0.500. The predicted octanol–water partition coefficient (Wildman–Crippen LogP) is 1.02. The second kappa shape index (κ2) is 6.08. The minimum absolute atomic E-state index is 0.0820. The average molecular weight is 321 g/mol. The third kappa shape index (κ3) is 2.72. The van der Waals surface area contributed by atoms with Gasteiger partial charge in [0.15, 0.2) is 11.5 Å². The number of fused-ring (bicyclic) bond motifs is 1. The number of rotatable bonds is 4. The van der Waals surface area contributed by atoms with Gasteiger partial charge in [-0.2, -0.15) is 0 Å². The topological polar surface area (TPSA) is 85.3 Å². The summed E-state index contributed by atoms with van der Waals surface area (Å²) >= 11 is 0. The Bertz CT molecular complexity index is 631. The predicted molar refractivity (Wildman–Crippen MR) is 79.9 cm³/mol. The zero-order valence-corrected chi connectivity index (χ0v) is 12.9. The maximum Gasteiger partial charge on any atom is 0.313 e. The van der Waals surface area contributed by atoms with Gasteiger partial charge in [-0.15, -0.1) is 0 Å². The van der Waals surface area contributed by atoms with Crippen LogP contribution in [0.25, 0.3) is 0 Å². The van der Waals surface area contributed by atoms with E-state index in [0.717, 1.165) is 0 Å². The van der Waals surface area contributed by atoms with Crippen molar-refractivity contribution in [3.05, 3.63) is 23.8 Å². The first-order valence-electron chi connectivity index (χ1n) is 7.48. The van der Waals surface area contributed by atoms with Crippen LogP contribution in [-0.4, -0.2) is 61.9 Å². The highest BCUT2D eigenvalue weighted by molar-refractivity contribution is 5.98. The molecule has 1 fully saturated rings. The Morgan fingerprint density at radius 3 is 2.87 bits per heavy atom. The van der Waals surface area contributed by atoms with Crippen LogP contribution in [0.3, 0.4) is 0 Å². The molecule has 1 aromatic rings. The minimum atomic E-state index is -1.05. The molecule has 124 valence electrons. The summed E-state index contributed by atoms with van der Waals surface area (Å²) in [5, 5.41) is 9.49. The Labute approximate surface area is 133 Å². The molecule has 3 rings (SSSR count). The second-order valence-corrected chi connectivity index (χ2v) is 5.82. The van der Waals surface area contributed by atoms with Crippen LogP contribution in [0.4, 0.5) is 0 Å². The Hall–Kier alpha value is -2.28. The molecule has 7 heteroatoms. The van der Waals surface area contributed by atoms with E-state index in [1.807, 2.05) is 0 Å². The van der Waals surface area contributed by atoms with E-state index in [-0.39, 0.29) is 19.1 Å². The summed E-state index contributed by atoms with van der Waals surface area (Å²) in [5.74, 6) is -0.207. The van der Waals surface area contributed by atoms with E-state index in [0.29, 0.717) is 43.2 Å². The zero-order chi connectivity index (χ0) is 16.4. The number of hydrogen-bond acceptors (Lipinski definition) is 5. The van der Waals surface area contributed by atoms with Crippen molar-refractivity contribution in [1.82, 2.24) is 4.90 Å². The first kappa shape index (κ1) is 15.6. The van der Waals surface area contributed by atoms with Gasteiger partial charge in [0.2, 0.25) is 0 Å². The molecule has 2 aliphatic heterocycles. The molecule has 1 amide bonds. The summed E-state index contributed by atoms with van der Waals surface area (Å²) in [4.78, 5) is 25.9. The molecule has 0 saturated carbocycles. The number of carboxylic acids is 1. The third-order valence-electron chi connectivity index (χ3n) is 4.31. The molecule has 1 unspecified atom stereocenters. The number of ether oxygens (including phenoxy) is 3. The Balaban J connectivity index is 1.84. The van der Waals surface area contributed by atoms with Crippen LogP contribution in [0, 0.1) is 5.41 Å². The summed E-state index contributed by atoms with van der Waals surface area (Å²) in [6.45, 7) is 1.42. The van der Waals surface area contributed by atoms with E-state index >= 15 is 0 Å². The monoisotopic (exact) mass is 321 g/mol. The van der Waals surface area contributed by atoms with E-state index in [2.05, 4.69) is 0 Å². The summed E-state index contributed by atoms with van der Waals surface area (Å²) in [5.41, 5.74) is -0.642.